The summed E-state index contributed by atoms with van der Waals surface area (Å²) in [6.07, 6.45) is -4.46. The van der Waals surface area contributed by atoms with Gasteiger partial charge in [-0.2, -0.15) is 16.8 Å². The lowest BCUT2D eigenvalue weighted by Crippen LogP contribution is -2.31. The molecule has 10 nitrogen and oxygen atoms in total. The Kier molecular flexibility index (Phi) is 4.99. The van der Waals surface area contributed by atoms with E-state index in [-0.39, 0.29) is 0 Å². The predicted molar refractivity (Wildman–Crippen MR) is 73.0 cm³/mol. The third-order valence-corrected chi connectivity index (χ3v) is 5.90. The van der Waals surface area contributed by atoms with Gasteiger partial charge in [0.25, 0.3) is 20.2 Å². The number of rotatable bonds is 4. The van der Waals surface area contributed by atoms with Crippen molar-refractivity contribution < 1.29 is 44.3 Å². The second-order valence-electron chi connectivity index (χ2n) is 5.28. The molecule has 0 aromatic rings. The van der Waals surface area contributed by atoms with Gasteiger partial charge in [0.15, 0.2) is 0 Å². The zero-order valence-electron chi connectivity index (χ0n) is 12.3. The van der Waals surface area contributed by atoms with Gasteiger partial charge in [0.1, 0.15) is 42.3 Å². The van der Waals surface area contributed by atoms with E-state index in [2.05, 4.69) is 8.37 Å². The fraction of sp³-hybridized carbons (Fsp3) is 0.818. The van der Waals surface area contributed by atoms with Crippen LogP contribution < -0.4 is 0 Å². The highest BCUT2D eigenvalue weighted by atomic mass is 32.2. The third kappa shape index (κ3) is 4.86. The van der Waals surface area contributed by atoms with E-state index in [1.165, 1.54) is 13.8 Å². The lowest BCUT2D eigenvalue weighted by Gasteiger charge is -2.15. The molecule has 12 heteroatoms. The highest BCUT2D eigenvalue weighted by Crippen LogP contribution is 2.21. The second-order valence-corrected chi connectivity index (χ2v) is 8.57. The van der Waals surface area contributed by atoms with Crippen LogP contribution in [0.4, 0.5) is 0 Å². The van der Waals surface area contributed by atoms with Crippen molar-refractivity contribution >= 4 is 32.2 Å². The van der Waals surface area contributed by atoms with Crippen molar-refractivity contribution in [2.24, 2.45) is 0 Å². The van der Waals surface area contributed by atoms with E-state index in [0.717, 1.165) is 0 Å². The van der Waals surface area contributed by atoms with Gasteiger partial charge >= 0.3 is 11.9 Å². The molecule has 0 spiro atoms. The van der Waals surface area contributed by atoms with Crippen LogP contribution in [0.2, 0.25) is 0 Å². The quantitative estimate of drug-likeness (QED) is 0.332. The van der Waals surface area contributed by atoms with Gasteiger partial charge in [-0.05, 0) is 13.8 Å². The van der Waals surface area contributed by atoms with Crippen LogP contribution in [0, 0.1) is 0 Å². The lowest BCUT2D eigenvalue weighted by atomic mass is 10.2. The van der Waals surface area contributed by atoms with Crippen molar-refractivity contribution in [2.45, 2.75) is 44.7 Å². The molecule has 2 aliphatic rings. The van der Waals surface area contributed by atoms with Crippen LogP contribution in [0.5, 0.6) is 0 Å². The van der Waals surface area contributed by atoms with Gasteiger partial charge in [-0.3, -0.25) is 18.0 Å². The number of esters is 2. The predicted octanol–water partition coefficient (Wildman–Crippen LogP) is -1.30. The largest absolute Gasteiger partial charge is 0.458 e. The SMILES string of the molecule is CC1OS(=O)(=O)CC1OC(=O)CC(=O)OC1CS(=O)(=O)OC1C. The zero-order chi connectivity index (χ0) is 17.4. The fourth-order valence-corrected chi connectivity index (χ4v) is 4.95. The normalized spacial score (nSPS) is 34.9. The molecule has 132 valence electrons. The molecule has 2 aliphatic heterocycles. The summed E-state index contributed by atoms with van der Waals surface area (Å²) in [5.41, 5.74) is 0. The smallest absolute Gasteiger partial charge is 0.317 e. The summed E-state index contributed by atoms with van der Waals surface area (Å²) in [5, 5.41) is 0. The second kappa shape index (κ2) is 6.34. The van der Waals surface area contributed by atoms with Crippen molar-refractivity contribution in [1.82, 2.24) is 0 Å². The number of ether oxygens (including phenoxy) is 2. The van der Waals surface area contributed by atoms with E-state index in [1.54, 1.807) is 0 Å². The number of carbonyl (C=O) groups excluding carboxylic acids is 2. The first-order valence-corrected chi connectivity index (χ1v) is 9.84. The molecule has 2 heterocycles. The lowest BCUT2D eigenvalue weighted by molar-refractivity contribution is -0.162. The summed E-state index contributed by atoms with van der Waals surface area (Å²) in [6, 6.07) is 0. The van der Waals surface area contributed by atoms with E-state index in [4.69, 9.17) is 9.47 Å². The Bertz CT molecular complexity index is 634. The average molecular weight is 372 g/mol. The van der Waals surface area contributed by atoms with Gasteiger partial charge in [0.05, 0.1) is 0 Å². The Morgan fingerprint density at radius 1 is 0.870 bits per heavy atom. The van der Waals surface area contributed by atoms with E-state index in [0.29, 0.717) is 0 Å². The summed E-state index contributed by atoms with van der Waals surface area (Å²) >= 11 is 0. The van der Waals surface area contributed by atoms with Crippen LogP contribution >= 0.6 is 0 Å². The van der Waals surface area contributed by atoms with Gasteiger partial charge in [0, 0.05) is 0 Å². The Labute approximate surface area is 133 Å². The van der Waals surface area contributed by atoms with Crippen molar-refractivity contribution in [3.63, 3.8) is 0 Å². The standard InChI is InChI=1S/C11H16O10S2/c1-6-8(4-22(14,15)20-6)18-10(12)3-11(13)19-9-5-23(16,17)21-7(9)2/h6-9H,3-5H2,1-2H3. The molecule has 4 atom stereocenters. The summed E-state index contributed by atoms with van der Waals surface area (Å²) in [7, 11) is -7.47. The molecular formula is C11H16O10S2. The van der Waals surface area contributed by atoms with E-state index >= 15 is 0 Å². The van der Waals surface area contributed by atoms with Crippen LogP contribution in [0.25, 0.3) is 0 Å². The molecule has 23 heavy (non-hydrogen) atoms. The maximum absolute atomic E-state index is 11.6. The molecule has 0 aromatic carbocycles. The van der Waals surface area contributed by atoms with Gasteiger partial charge in [-0.25, -0.2) is 0 Å². The number of hydrogen-bond donors (Lipinski definition) is 0. The van der Waals surface area contributed by atoms with Crippen molar-refractivity contribution in [1.29, 1.82) is 0 Å². The molecule has 0 amide bonds. The maximum atomic E-state index is 11.6. The monoisotopic (exact) mass is 372 g/mol. The van der Waals surface area contributed by atoms with Crippen LogP contribution in [0.1, 0.15) is 20.3 Å². The van der Waals surface area contributed by atoms with Gasteiger partial charge in [-0.1, -0.05) is 0 Å². The first-order chi connectivity index (χ1) is 10.5. The Morgan fingerprint density at radius 3 is 1.48 bits per heavy atom. The topological polar surface area (TPSA) is 139 Å². The summed E-state index contributed by atoms with van der Waals surface area (Å²) in [5.74, 6) is -2.94. The summed E-state index contributed by atoms with van der Waals surface area (Å²) < 4.78 is 63.8. The Balaban J connectivity index is 1.83. The van der Waals surface area contributed by atoms with E-state index in [9.17, 15) is 26.4 Å². The van der Waals surface area contributed by atoms with E-state index in [1.807, 2.05) is 0 Å². The third-order valence-electron chi connectivity index (χ3n) is 3.24. The van der Waals surface area contributed by atoms with Crippen molar-refractivity contribution in [3.05, 3.63) is 0 Å². The molecule has 0 saturated carbocycles. The zero-order valence-corrected chi connectivity index (χ0v) is 14.0. The molecule has 2 saturated heterocycles. The van der Waals surface area contributed by atoms with Crippen LogP contribution in [0.15, 0.2) is 0 Å². The molecule has 2 rings (SSSR count). The molecule has 0 N–H and O–H groups in total. The highest BCUT2D eigenvalue weighted by Gasteiger charge is 2.40. The van der Waals surface area contributed by atoms with Gasteiger partial charge < -0.3 is 9.47 Å². The van der Waals surface area contributed by atoms with E-state index < -0.39 is 74.5 Å². The first kappa shape index (κ1) is 18.1. The maximum Gasteiger partial charge on any atom is 0.317 e. The molecular weight excluding hydrogens is 356 g/mol. The van der Waals surface area contributed by atoms with Gasteiger partial charge in [-0.15, -0.1) is 0 Å². The molecule has 2 fully saturated rings. The average Bonchev–Trinajstić information content (AvgIpc) is 2.73. The summed E-state index contributed by atoms with van der Waals surface area (Å²) in [4.78, 5) is 23.3. The first-order valence-electron chi connectivity index (χ1n) is 6.68. The number of carbonyl (C=O) groups is 2. The van der Waals surface area contributed by atoms with Gasteiger partial charge in [0.2, 0.25) is 0 Å². The molecule has 4 unspecified atom stereocenters. The number of hydrogen-bond acceptors (Lipinski definition) is 10. The Morgan fingerprint density at radius 2 is 1.22 bits per heavy atom. The minimum Gasteiger partial charge on any atom is -0.458 e. The molecule has 0 aromatic heterocycles. The Hall–Kier alpha value is -1.24. The molecule has 0 radical (unpaired) electrons. The molecule has 0 aliphatic carbocycles. The van der Waals surface area contributed by atoms with Crippen molar-refractivity contribution in [3.8, 4) is 0 Å². The molecule has 0 bridgehead atoms. The summed E-state index contributed by atoms with van der Waals surface area (Å²) in [6.45, 7) is 2.84. The minimum absolute atomic E-state index is 0.485. The highest BCUT2D eigenvalue weighted by molar-refractivity contribution is 7.87. The fourth-order valence-electron chi connectivity index (χ4n) is 2.14. The minimum atomic E-state index is -3.73. The van der Waals surface area contributed by atoms with Crippen LogP contribution in [-0.2, 0) is 47.7 Å². The van der Waals surface area contributed by atoms with Crippen LogP contribution in [0.3, 0.4) is 0 Å². The van der Waals surface area contributed by atoms with Crippen molar-refractivity contribution in [2.75, 3.05) is 11.5 Å². The van der Waals surface area contributed by atoms with Crippen LogP contribution in [-0.4, -0.2) is 64.7 Å².